The summed E-state index contributed by atoms with van der Waals surface area (Å²) in [6, 6.07) is 7.70. The molecule has 1 fully saturated rings. The maximum absolute atomic E-state index is 12.3. The zero-order valence-electron chi connectivity index (χ0n) is 12.9. The van der Waals surface area contributed by atoms with E-state index in [2.05, 4.69) is 5.32 Å². The van der Waals surface area contributed by atoms with Gasteiger partial charge in [-0.05, 0) is 24.5 Å². The van der Waals surface area contributed by atoms with Crippen LogP contribution in [0.2, 0.25) is 0 Å². The lowest BCUT2D eigenvalue weighted by atomic mass is 9.88. The Hall–Kier alpha value is -1.84. The van der Waals surface area contributed by atoms with E-state index in [1.165, 1.54) is 6.42 Å². The molecule has 0 unspecified atom stereocenters. The Bertz CT molecular complexity index is 507. The van der Waals surface area contributed by atoms with Gasteiger partial charge in [-0.25, -0.2) is 0 Å². The summed E-state index contributed by atoms with van der Waals surface area (Å²) in [7, 11) is 1.77. The molecule has 0 saturated heterocycles. The van der Waals surface area contributed by atoms with E-state index in [9.17, 15) is 9.59 Å². The van der Waals surface area contributed by atoms with Crippen LogP contribution in [-0.2, 0) is 16.1 Å². The molecule has 0 aromatic heterocycles. The highest BCUT2D eigenvalue weighted by molar-refractivity contribution is 5.93. The summed E-state index contributed by atoms with van der Waals surface area (Å²) >= 11 is 0. The van der Waals surface area contributed by atoms with Gasteiger partial charge >= 0.3 is 0 Å². The molecule has 0 heterocycles. The van der Waals surface area contributed by atoms with Crippen molar-refractivity contribution in [1.29, 1.82) is 0 Å². The van der Waals surface area contributed by atoms with E-state index in [-0.39, 0.29) is 17.7 Å². The number of amides is 2. The van der Waals surface area contributed by atoms with E-state index >= 15 is 0 Å². The minimum absolute atomic E-state index is 0.0170. The average molecular weight is 288 g/mol. The second-order valence-corrected chi connectivity index (χ2v) is 5.86. The Labute approximate surface area is 126 Å². The molecule has 1 saturated carbocycles. The molecule has 1 N–H and O–H groups in total. The van der Waals surface area contributed by atoms with Gasteiger partial charge in [-0.3, -0.25) is 9.59 Å². The molecule has 0 radical (unpaired) electrons. The molecule has 1 aliphatic carbocycles. The van der Waals surface area contributed by atoms with Gasteiger partial charge < -0.3 is 10.2 Å². The maximum atomic E-state index is 12.3. The summed E-state index contributed by atoms with van der Waals surface area (Å²) < 4.78 is 0. The summed E-state index contributed by atoms with van der Waals surface area (Å²) in [6.07, 6.45) is 5.51. The van der Waals surface area contributed by atoms with Crippen molar-refractivity contribution >= 4 is 17.5 Å². The van der Waals surface area contributed by atoms with E-state index in [0.717, 1.165) is 36.9 Å². The van der Waals surface area contributed by atoms with Gasteiger partial charge in [-0.2, -0.15) is 0 Å². The zero-order chi connectivity index (χ0) is 15.2. The van der Waals surface area contributed by atoms with Crippen LogP contribution in [0.3, 0.4) is 0 Å². The number of nitrogens with zero attached hydrogens (tertiary/aromatic N) is 1. The molecule has 21 heavy (non-hydrogen) atoms. The van der Waals surface area contributed by atoms with Crippen molar-refractivity contribution in [1.82, 2.24) is 4.90 Å². The van der Waals surface area contributed by atoms with Gasteiger partial charge in [0.15, 0.2) is 0 Å². The fraction of sp³-hybridized carbons (Fsp3) is 0.529. The molecule has 2 amide bonds. The number of anilines is 1. The van der Waals surface area contributed by atoms with Crippen molar-refractivity contribution in [3.63, 3.8) is 0 Å². The van der Waals surface area contributed by atoms with Gasteiger partial charge in [0.2, 0.25) is 11.8 Å². The third kappa shape index (κ3) is 4.31. The molecule has 4 nitrogen and oxygen atoms in total. The number of carbonyl (C=O) groups is 2. The van der Waals surface area contributed by atoms with Crippen molar-refractivity contribution in [2.24, 2.45) is 5.92 Å². The first-order valence-corrected chi connectivity index (χ1v) is 7.68. The van der Waals surface area contributed by atoms with Crippen LogP contribution in [0, 0.1) is 5.92 Å². The minimum atomic E-state index is 0.0170. The molecule has 0 bridgehead atoms. The van der Waals surface area contributed by atoms with Gasteiger partial charge in [0.1, 0.15) is 0 Å². The van der Waals surface area contributed by atoms with Crippen LogP contribution in [-0.4, -0.2) is 23.8 Å². The molecule has 1 aliphatic rings. The lowest BCUT2D eigenvalue weighted by molar-refractivity contribution is -0.128. The second kappa shape index (κ2) is 7.25. The van der Waals surface area contributed by atoms with Crippen molar-refractivity contribution in [3.05, 3.63) is 29.8 Å². The largest absolute Gasteiger partial charge is 0.342 e. The summed E-state index contributed by atoms with van der Waals surface area (Å²) in [4.78, 5) is 25.4. The lowest BCUT2D eigenvalue weighted by Crippen LogP contribution is -2.27. The predicted octanol–water partition coefficient (Wildman–Crippen LogP) is 3.18. The standard InChI is InChI=1S/C17H24N2O2/c1-13(20)19(2)12-15-10-6-7-11-16(15)18-17(21)14-8-4-3-5-9-14/h6-7,10-11,14H,3-5,8-9,12H2,1-2H3,(H,18,21). The van der Waals surface area contributed by atoms with E-state index in [1.54, 1.807) is 18.9 Å². The smallest absolute Gasteiger partial charge is 0.227 e. The fourth-order valence-corrected chi connectivity index (χ4v) is 2.75. The third-order valence-corrected chi connectivity index (χ3v) is 4.20. The van der Waals surface area contributed by atoms with Crippen LogP contribution in [0.1, 0.15) is 44.6 Å². The maximum Gasteiger partial charge on any atom is 0.227 e. The van der Waals surface area contributed by atoms with E-state index in [0.29, 0.717) is 6.54 Å². The Morgan fingerprint density at radius 3 is 2.52 bits per heavy atom. The van der Waals surface area contributed by atoms with Gasteiger partial charge in [-0.1, -0.05) is 37.5 Å². The molecule has 0 spiro atoms. The van der Waals surface area contributed by atoms with Crippen LogP contribution >= 0.6 is 0 Å². The summed E-state index contributed by atoms with van der Waals surface area (Å²) in [5.41, 5.74) is 1.79. The van der Waals surface area contributed by atoms with Crippen LogP contribution < -0.4 is 5.32 Å². The number of benzene rings is 1. The molecule has 0 atom stereocenters. The number of hydrogen-bond acceptors (Lipinski definition) is 2. The highest BCUT2D eigenvalue weighted by Crippen LogP contribution is 2.26. The molecule has 114 valence electrons. The van der Waals surface area contributed by atoms with Gasteiger partial charge in [-0.15, -0.1) is 0 Å². The molecule has 1 aromatic carbocycles. The molecular weight excluding hydrogens is 264 g/mol. The number of hydrogen-bond donors (Lipinski definition) is 1. The third-order valence-electron chi connectivity index (χ3n) is 4.20. The van der Waals surface area contributed by atoms with E-state index < -0.39 is 0 Å². The number of carbonyl (C=O) groups excluding carboxylic acids is 2. The van der Waals surface area contributed by atoms with Gasteiger partial charge in [0, 0.05) is 32.1 Å². The summed E-state index contributed by atoms with van der Waals surface area (Å²) in [5.74, 6) is 0.272. The number of rotatable bonds is 4. The quantitative estimate of drug-likeness (QED) is 0.925. The summed E-state index contributed by atoms with van der Waals surface area (Å²) in [5, 5.41) is 3.05. The fourth-order valence-electron chi connectivity index (χ4n) is 2.75. The Morgan fingerprint density at radius 2 is 1.86 bits per heavy atom. The molecular formula is C17H24N2O2. The first-order chi connectivity index (χ1) is 10.1. The Kier molecular flexibility index (Phi) is 5.37. The van der Waals surface area contributed by atoms with E-state index in [1.807, 2.05) is 24.3 Å². The second-order valence-electron chi connectivity index (χ2n) is 5.86. The van der Waals surface area contributed by atoms with Crippen LogP contribution in [0.25, 0.3) is 0 Å². The first-order valence-electron chi connectivity index (χ1n) is 7.68. The monoisotopic (exact) mass is 288 g/mol. The van der Waals surface area contributed by atoms with Gasteiger partial charge in [0.05, 0.1) is 0 Å². The highest BCUT2D eigenvalue weighted by atomic mass is 16.2. The van der Waals surface area contributed by atoms with Crippen molar-refractivity contribution in [2.75, 3.05) is 12.4 Å². The van der Waals surface area contributed by atoms with Crippen molar-refractivity contribution in [2.45, 2.75) is 45.6 Å². The highest BCUT2D eigenvalue weighted by Gasteiger charge is 2.21. The van der Waals surface area contributed by atoms with Crippen LogP contribution in [0.5, 0.6) is 0 Å². The predicted molar refractivity (Wildman–Crippen MR) is 83.8 cm³/mol. The first kappa shape index (κ1) is 15.5. The topological polar surface area (TPSA) is 49.4 Å². The lowest BCUT2D eigenvalue weighted by Gasteiger charge is -2.22. The van der Waals surface area contributed by atoms with Crippen molar-refractivity contribution in [3.8, 4) is 0 Å². The average Bonchev–Trinajstić information content (AvgIpc) is 2.50. The SMILES string of the molecule is CC(=O)N(C)Cc1ccccc1NC(=O)C1CCCCC1. The van der Waals surface area contributed by atoms with Crippen molar-refractivity contribution < 1.29 is 9.59 Å². The summed E-state index contributed by atoms with van der Waals surface area (Å²) in [6.45, 7) is 2.06. The molecule has 0 aliphatic heterocycles. The van der Waals surface area contributed by atoms with Crippen LogP contribution in [0.4, 0.5) is 5.69 Å². The van der Waals surface area contributed by atoms with E-state index in [4.69, 9.17) is 0 Å². The van der Waals surface area contributed by atoms with Crippen LogP contribution in [0.15, 0.2) is 24.3 Å². The normalized spacial score (nSPS) is 15.5. The molecule has 2 rings (SSSR count). The number of para-hydroxylation sites is 1. The number of nitrogens with one attached hydrogen (secondary N) is 1. The Morgan fingerprint density at radius 1 is 1.19 bits per heavy atom. The zero-order valence-corrected chi connectivity index (χ0v) is 12.9. The molecule has 4 heteroatoms. The molecule has 1 aromatic rings. The van der Waals surface area contributed by atoms with Gasteiger partial charge in [0.25, 0.3) is 0 Å². The minimum Gasteiger partial charge on any atom is -0.342 e. The Balaban J connectivity index is 2.05.